The second-order valence-corrected chi connectivity index (χ2v) is 6.27. The van der Waals surface area contributed by atoms with Crippen LogP contribution in [0.2, 0.25) is 0 Å². The first-order valence-electron chi connectivity index (χ1n) is 8.22. The fraction of sp³-hybridized carbons (Fsp3) is 0.412. The van der Waals surface area contributed by atoms with E-state index >= 15 is 0 Å². The molecule has 0 unspecified atom stereocenters. The Labute approximate surface area is 145 Å². The summed E-state index contributed by atoms with van der Waals surface area (Å²) >= 11 is 0. The number of hydrogen-bond donors (Lipinski definition) is 0. The summed E-state index contributed by atoms with van der Waals surface area (Å²) in [5.74, 6) is 0.602. The fourth-order valence-corrected chi connectivity index (χ4v) is 3.03. The van der Waals surface area contributed by atoms with E-state index < -0.39 is 4.92 Å². The fourth-order valence-electron chi connectivity index (χ4n) is 3.03. The summed E-state index contributed by atoms with van der Waals surface area (Å²) in [5, 5.41) is 11.3. The maximum absolute atomic E-state index is 12.7. The van der Waals surface area contributed by atoms with Gasteiger partial charge < -0.3 is 14.4 Å². The number of aryl methyl sites for hydroxylation is 1. The monoisotopic (exact) mass is 343 g/mol. The average molecular weight is 343 g/mol. The van der Waals surface area contributed by atoms with Crippen LogP contribution in [0.1, 0.15) is 29.0 Å². The summed E-state index contributed by atoms with van der Waals surface area (Å²) in [6, 6.07) is 4.69. The Morgan fingerprint density at radius 2 is 2.08 bits per heavy atom. The number of anilines is 1. The summed E-state index contributed by atoms with van der Waals surface area (Å²) in [6.07, 6.45) is 5.47. The minimum atomic E-state index is -0.494. The number of carbonyl (C=O) groups is 1. The molecule has 132 valence electrons. The van der Waals surface area contributed by atoms with E-state index in [1.807, 2.05) is 29.8 Å². The van der Waals surface area contributed by atoms with Crippen LogP contribution in [0, 0.1) is 10.1 Å². The van der Waals surface area contributed by atoms with Crippen molar-refractivity contribution < 1.29 is 9.72 Å². The molecule has 1 amide bonds. The van der Waals surface area contributed by atoms with Gasteiger partial charge in [-0.3, -0.25) is 14.9 Å². The number of nitro groups is 1. The quantitative estimate of drug-likeness (QED) is 0.614. The van der Waals surface area contributed by atoms with Gasteiger partial charge in [-0.1, -0.05) is 0 Å². The zero-order valence-electron chi connectivity index (χ0n) is 14.4. The van der Waals surface area contributed by atoms with E-state index in [1.165, 1.54) is 6.07 Å². The Balaban J connectivity index is 1.90. The van der Waals surface area contributed by atoms with Crippen molar-refractivity contribution in [2.75, 3.05) is 25.0 Å². The molecule has 0 saturated carbocycles. The van der Waals surface area contributed by atoms with Crippen molar-refractivity contribution in [3.63, 3.8) is 0 Å². The molecule has 8 heteroatoms. The lowest BCUT2D eigenvalue weighted by molar-refractivity contribution is -0.385. The average Bonchev–Trinajstić information content (AvgIpc) is 3.26. The van der Waals surface area contributed by atoms with Crippen LogP contribution in [0.25, 0.3) is 0 Å². The summed E-state index contributed by atoms with van der Waals surface area (Å²) in [4.78, 5) is 31.4. The van der Waals surface area contributed by atoms with E-state index in [1.54, 1.807) is 23.2 Å². The van der Waals surface area contributed by atoms with Gasteiger partial charge in [0.25, 0.3) is 11.6 Å². The summed E-state index contributed by atoms with van der Waals surface area (Å²) < 4.78 is 1.91. The number of benzene rings is 1. The molecule has 2 aromatic rings. The van der Waals surface area contributed by atoms with Gasteiger partial charge in [-0.15, -0.1) is 0 Å². The highest BCUT2D eigenvalue weighted by Gasteiger charge is 2.27. The lowest BCUT2D eigenvalue weighted by atomic mass is 10.1. The van der Waals surface area contributed by atoms with Gasteiger partial charge in [0.2, 0.25) is 0 Å². The first-order chi connectivity index (χ1) is 12.0. The molecule has 25 heavy (non-hydrogen) atoms. The lowest BCUT2D eigenvalue weighted by Crippen LogP contribution is -2.28. The lowest BCUT2D eigenvalue weighted by Gasteiger charge is -2.21. The van der Waals surface area contributed by atoms with E-state index in [-0.39, 0.29) is 17.2 Å². The maximum atomic E-state index is 12.7. The number of rotatable bonds is 5. The molecular formula is C17H21N5O3. The van der Waals surface area contributed by atoms with Gasteiger partial charge in [-0.05, 0) is 25.0 Å². The molecule has 0 radical (unpaired) electrons. The van der Waals surface area contributed by atoms with Crippen molar-refractivity contribution in [3.05, 3.63) is 52.1 Å². The Hall–Kier alpha value is -2.90. The minimum absolute atomic E-state index is 0.147. The Morgan fingerprint density at radius 1 is 1.36 bits per heavy atom. The number of likely N-dealkylation sites (tertiary alicyclic amines) is 1. The Bertz CT molecular complexity index is 795. The van der Waals surface area contributed by atoms with Crippen molar-refractivity contribution in [1.82, 2.24) is 14.5 Å². The molecule has 2 heterocycles. The first kappa shape index (κ1) is 16.9. The summed E-state index contributed by atoms with van der Waals surface area (Å²) in [6.45, 7) is 1.85. The zero-order valence-corrected chi connectivity index (χ0v) is 14.4. The minimum Gasteiger partial charge on any atom is -0.367 e. The van der Waals surface area contributed by atoms with Crippen LogP contribution < -0.4 is 4.90 Å². The molecule has 0 atom stereocenters. The molecule has 3 rings (SSSR count). The highest BCUT2D eigenvalue weighted by molar-refractivity contribution is 5.99. The predicted octanol–water partition coefficient (Wildman–Crippen LogP) is 2.20. The van der Waals surface area contributed by atoms with Crippen LogP contribution in [0.3, 0.4) is 0 Å². The summed E-state index contributed by atoms with van der Waals surface area (Å²) in [5.41, 5.74) is 0.748. The zero-order chi connectivity index (χ0) is 18.0. The molecule has 8 nitrogen and oxygen atoms in total. The second-order valence-electron chi connectivity index (χ2n) is 6.27. The second kappa shape index (κ2) is 6.92. The van der Waals surface area contributed by atoms with Crippen molar-refractivity contribution >= 4 is 17.3 Å². The van der Waals surface area contributed by atoms with Crippen LogP contribution in [0.5, 0.6) is 0 Å². The van der Waals surface area contributed by atoms with Gasteiger partial charge in [0.15, 0.2) is 0 Å². The number of hydrogen-bond acceptors (Lipinski definition) is 5. The van der Waals surface area contributed by atoms with Crippen molar-refractivity contribution in [2.24, 2.45) is 7.05 Å². The van der Waals surface area contributed by atoms with Gasteiger partial charge in [-0.25, -0.2) is 4.98 Å². The molecule has 0 bridgehead atoms. The maximum Gasteiger partial charge on any atom is 0.282 e. The standard InChI is InChI=1S/C17H21N5O3/c1-19-10-7-18-16(19)12-20(2)13-5-6-15(22(24)25)14(11-13)17(23)21-8-3-4-9-21/h5-7,10-11H,3-4,8-9,12H2,1-2H3. The first-order valence-corrected chi connectivity index (χ1v) is 8.22. The highest BCUT2D eigenvalue weighted by Crippen LogP contribution is 2.27. The number of amides is 1. The molecule has 0 N–H and O–H groups in total. The molecule has 1 aromatic heterocycles. The van der Waals surface area contributed by atoms with E-state index in [4.69, 9.17) is 0 Å². The van der Waals surface area contributed by atoms with E-state index in [0.29, 0.717) is 19.6 Å². The molecule has 1 saturated heterocycles. The van der Waals surface area contributed by atoms with Crippen molar-refractivity contribution in [3.8, 4) is 0 Å². The van der Waals surface area contributed by atoms with Gasteiger partial charge in [0.05, 0.1) is 11.5 Å². The Kier molecular flexibility index (Phi) is 4.69. The van der Waals surface area contributed by atoms with Crippen LogP contribution in [-0.2, 0) is 13.6 Å². The number of imidazole rings is 1. The van der Waals surface area contributed by atoms with Crippen LogP contribution in [0.15, 0.2) is 30.6 Å². The third-order valence-corrected chi connectivity index (χ3v) is 4.54. The molecule has 1 fully saturated rings. The van der Waals surface area contributed by atoms with Crippen LogP contribution in [-0.4, -0.2) is 45.4 Å². The molecule has 1 aliphatic rings. The third-order valence-electron chi connectivity index (χ3n) is 4.54. The molecular weight excluding hydrogens is 322 g/mol. The molecule has 0 aliphatic carbocycles. The highest BCUT2D eigenvalue weighted by atomic mass is 16.6. The summed E-state index contributed by atoms with van der Waals surface area (Å²) in [7, 11) is 3.79. The molecule has 0 spiro atoms. The smallest absolute Gasteiger partial charge is 0.282 e. The van der Waals surface area contributed by atoms with E-state index in [2.05, 4.69) is 4.98 Å². The largest absolute Gasteiger partial charge is 0.367 e. The van der Waals surface area contributed by atoms with E-state index in [9.17, 15) is 14.9 Å². The van der Waals surface area contributed by atoms with Gasteiger partial charge in [0, 0.05) is 51.3 Å². The topological polar surface area (TPSA) is 84.5 Å². The predicted molar refractivity (Wildman–Crippen MR) is 93.5 cm³/mol. The van der Waals surface area contributed by atoms with Crippen LogP contribution in [0.4, 0.5) is 11.4 Å². The number of nitro benzene ring substituents is 1. The van der Waals surface area contributed by atoms with Gasteiger partial charge in [0.1, 0.15) is 11.4 Å². The normalized spacial score (nSPS) is 13.9. The van der Waals surface area contributed by atoms with E-state index in [0.717, 1.165) is 24.4 Å². The van der Waals surface area contributed by atoms with Gasteiger partial charge >= 0.3 is 0 Å². The van der Waals surface area contributed by atoms with Crippen molar-refractivity contribution in [1.29, 1.82) is 0 Å². The Morgan fingerprint density at radius 3 is 2.68 bits per heavy atom. The SMILES string of the molecule is CN(Cc1nccn1C)c1ccc([N+](=O)[O-])c(C(=O)N2CCCC2)c1. The van der Waals surface area contributed by atoms with Gasteiger partial charge in [-0.2, -0.15) is 0 Å². The van der Waals surface area contributed by atoms with Crippen LogP contribution >= 0.6 is 0 Å². The number of aromatic nitrogens is 2. The number of nitrogens with zero attached hydrogens (tertiary/aromatic N) is 5. The third kappa shape index (κ3) is 3.47. The number of carbonyl (C=O) groups excluding carboxylic acids is 1. The molecule has 1 aliphatic heterocycles. The van der Waals surface area contributed by atoms with Crippen molar-refractivity contribution in [2.45, 2.75) is 19.4 Å². The molecule has 1 aromatic carbocycles.